The number of nitrogens with zero attached hydrogens (tertiary/aromatic N) is 2. The molecule has 0 bridgehead atoms. The standard InChI is InChI=1S/C17H14N2O3/c20-17(21)15-8-7-14(19-10-4-9-18-19)11-16(15)22-12-13-5-2-1-3-6-13/h1-11H,12H2,(H,20,21). The Hall–Kier alpha value is -3.08. The van der Waals surface area contributed by atoms with Crippen LogP contribution in [-0.4, -0.2) is 20.9 Å². The normalized spacial score (nSPS) is 10.4. The summed E-state index contributed by atoms with van der Waals surface area (Å²) in [4.78, 5) is 11.3. The summed E-state index contributed by atoms with van der Waals surface area (Å²) in [5.74, 6) is -0.695. The van der Waals surface area contributed by atoms with E-state index in [1.807, 2.05) is 30.3 Å². The maximum absolute atomic E-state index is 11.3. The lowest BCUT2D eigenvalue weighted by molar-refractivity contribution is 0.0692. The largest absolute Gasteiger partial charge is 0.488 e. The van der Waals surface area contributed by atoms with Gasteiger partial charge >= 0.3 is 5.97 Å². The Kier molecular flexibility index (Phi) is 3.87. The molecule has 0 unspecified atom stereocenters. The number of aromatic nitrogens is 2. The molecule has 0 spiro atoms. The van der Waals surface area contributed by atoms with Gasteiger partial charge in [-0.1, -0.05) is 30.3 Å². The minimum Gasteiger partial charge on any atom is -0.488 e. The summed E-state index contributed by atoms with van der Waals surface area (Å²) < 4.78 is 7.36. The van der Waals surface area contributed by atoms with Crippen LogP contribution in [0.5, 0.6) is 5.75 Å². The van der Waals surface area contributed by atoms with Crippen molar-refractivity contribution in [2.75, 3.05) is 0 Å². The highest BCUT2D eigenvalue weighted by atomic mass is 16.5. The Morgan fingerprint density at radius 2 is 1.95 bits per heavy atom. The summed E-state index contributed by atoms with van der Waals surface area (Å²) in [5, 5.41) is 13.4. The first-order valence-electron chi connectivity index (χ1n) is 6.78. The van der Waals surface area contributed by atoms with Crippen LogP contribution in [0.2, 0.25) is 0 Å². The van der Waals surface area contributed by atoms with Crippen LogP contribution in [0.15, 0.2) is 67.0 Å². The number of hydrogen-bond acceptors (Lipinski definition) is 3. The van der Waals surface area contributed by atoms with Crippen LogP contribution in [0, 0.1) is 0 Å². The second-order valence-corrected chi connectivity index (χ2v) is 4.71. The molecule has 3 aromatic rings. The summed E-state index contributed by atoms with van der Waals surface area (Å²) >= 11 is 0. The third-order valence-electron chi connectivity index (χ3n) is 3.20. The van der Waals surface area contributed by atoms with Crippen molar-refractivity contribution in [3.05, 3.63) is 78.1 Å². The Bertz CT molecular complexity index is 768. The van der Waals surface area contributed by atoms with Crippen LogP contribution in [0.25, 0.3) is 5.69 Å². The van der Waals surface area contributed by atoms with E-state index in [9.17, 15) is 9.90 Å². The van der Waals surface area contributed by atoms with E-state index in [0.29, 0.717) is 12.4 Å². The van der Waals surface area contributed by atoms with E-state index < -0.39 is 5.97 Å². The maximum Gasteiger partial charge on any atom is 0.339 e. The average Bonchev–Trinajstić information content (AvgIpc) is 3.08. The lowest BCUT2D eigenvalue weighted by Gasteiger charge is -2.11. The van der Waals surface area contributed by atoms with Gasteiger partial charge in [0.15, 0.2) is 0 Å². The first-order chi connectivity index (χ1) is 10.7. The molecule has 5 nitrogen and oxygen atoms in total. The Labute approximate surface area is 127 Å². The second-order valence-electron chi connectivity index (χ2n) is 4.71. The SMILES string of the molecule is O=C(O)c1ccc(-n2cccn2)cc1OCc1ccccc1. The fraction of sp³-hybridized carbons (Fsp3) is 0.0588. The molecule has 3 rings (SSSR count). The molecule has 0 aliphatic heterocycles. The number of carbonyl (C=O) groups is 1. The van der Waals surface area contributed by atoms with Gasteiger partial charge in [-0.05, 0) is 23.8 Å². The van der Waals surface area contributed by atoms with Crippen LogP contribution in [-0.2, 0) is 6.61 Å². The first-order valence-corrected chi connectivity index (χ1v) is 6.78. The van der Waals surface area contributed by atoms with Gasteiger partial charge in [-0.2, -0.15) is 5.10 Å². The molecule has 0 aliphatic carbocycles. The zero-order chi connectivity index (χ0) is 15.4. The van der Waals surface area contributed by atoms with Crippen molar-refractivity contribution >= 4 is 5.97 Å². The molecule has 0 aliphatic rings. The molecule has 0 atom stereocenters. The van der Waals surface area contributed by atoms with Crippen LogP contribution < -0.4 is 4.74 Å². The summed E-state index contributed by atoms with van der Waals surface area (Å²) in [6.07, 6.45) is 3.45. The van der Waals surface area contributed by atoms with Crippen LogP contribution in [0.3, 0.4) is 0 Å². The fourth-order valence-corrected chi connectivity index (χ4v) is 2.11. The van der Waals surface area contributed by atoms with E-state index in [0.717, 1.165) is 11.3 Å². The third-order valence-corrected chi connectivity index (χ3v) is 3.20. The number of benzene rings is 2. The van der Waals surface area contributed by atoms with Crippen LogP contribution in [0.4, 0.5) is 0 Å². The molecule has 2 aromatic carbocycles. The third kappa shape index (κ3) is 2.98. The van der Waals surface area contributed by atoms with Crippen molar-refractivity contribution in [3.63, 3.8) is 0 Å². The molecule has 0 amide bonds. The van der Waals surface area contributed by atoms with Crippen molar-refractivity contribution in [3.8, 4) is 11.4 Å². The van der Waals surface area contributed by atoms with Crippen molar-refractivity contribution in [2.45, 2.75) is 6.61 Å². The molecule has 0 radical (unpaired) electrons. The van der Waals surface area contributed by atoms with Gasteiger partial charge in [-0.3, -0.25) is 0 Å². The molecule has 0 fully saturated rings. The summed E-state index contributed by atoms with van der Waals surface area (Å²) in [7, 11) is 0. The monoisotopic (exact) mass is 294 g/mol. The molecule has 1 heterocycles. The average molecular weight is 294 g/mol. The number of hydrogen-bond donors (Lipinski definition) is 1. The Balaban J connectivity index is 1.89. The van der Waals surface area contributed by atoms with E-state index >= 15 is 0 Å². The molecule has 1 N–H and O–H groups in total. The van der Waals surface area contributed by atoms with E-state index in [-0.39, 0.29) is 5.56 Å². The molecule has 22 heavy (non-hydrogen) atoms. The summed E-state index contributed by atoms with van der Waals surface area (Å²) in [6, 6.07) is 16.3. The fourth-order valence-electron chi connectivity index (χ4n) is 2.11. The van der Waals surface area contributed by atoms with Gasteiger partial charge in [0.05, 0.1) is 5.69 Å². The smallest absolute Gasteiger partial charge is 0.339 e. The van der Waals surface area contributed by atoms with Crippen LogP contribution in [0.1, 0.15) is 15.9 Å². The van der Waals surface area contributed by atoms with Gasteiger partial charge in [0.25, 0.3) is 0 Å². The molecule has 0 saturated heterocycles. The highest BCUT2D eigenvalue weighted by Gasteiger charge is 2.13. The number of carboxylic acid groups (broad SMARTS) is 1. The Morgan fingerprint density at radius 1 is 1.14 bits per heavy atom. The van der Waals surface area contributed by atoms with Crippen molar-refractivity contribution < 1.29 is 14.6 Å². The minimum absolute atomic E-state index is 0.131. The number of carboxylic acids is 1. The van der Waals surface area contributed by atoms with E-state index in [4.69, 9.17) is 4.74 Å². The van der Waals surface area contributed by atoms with Gasteiger partial charge in [0, 0.05) is 18.5 Å². The molecule has 0 saturated carbocycles. The van der Waals surface area contributed by atoms with Gasteiger partial charge in [-0.15, -0.1) is 0 Å². The number of aromatic carboxylic acids is 1. The summed E-state index contributed by atoms with van der Waals surface area (Å²) in [6.45, 7) is 0.309. The quantitative estimate of drug-likeness (QED) is 0.785. The van der Waals surface area contributed by atoms with E-state index in [1.54, 1.807) is 35.3 Å². The molecule has 110 valence electrons. The summed E-state index contributed by atoms with van der Waals surface area (Å²) in [5.41, 5.74) is 1.85. The van der Waals surface area contributed by atoms with Crippen molar-refractivity contribution in [2.24, 2.45) is 0 Å². The second kappa shape index (κ2) is 6.13. The molecular formula is C17H14N2O3. The minimum atomic E-state index is -1.02. The van der Waals surface area contributed by atoms with Crippen molar-refractivity contribution in [1.82, 2.24) is 9.78 Å². The maximum atomic E-state index is 11.3. The van der Waals surface area contributed by atoms with Gasteiger partial charge in [-0.25, -0.2) is 9.48 Å². The molecular weight excluding hydrogens is 280 g/mol. The number of rotatable bonds is 5. The van der Waals surface area contributed by atoms with E-state index in [1.165, 1.54) is 6.07 Å². The van der Waals surface area contributed by atoms with Gasteiger partial charge < -0.3 is 9.84 Å². The zero-order valence-corrected chi connectivity index (χ0v) is 11.7. The molecule has 5 heteroatoms. The van der Waals surface area contributed by atoms with E-state index in [2.05, 4.69) is 5.10 Å². The van der Waals surface area contributed by atoms with Crippen LogP contribution >= 0.6 is 0 Å². The number of ether oxygens (including phenoxy) is 1. The van der Waals surface area contributed by atoms with Gasteiger partial charge in [0.1, 0.15) is 17.9 Å². The Morgan fingerprint density at radius 3 is 2.64 bits per heavy atom. The predicted octanol–water partition coefficient (Wildman–Crippen LogP) is 3.15. The highest BCUT2D eigenvalue weighted by molar-refractivity contribution is 5.91. The molecule has 1 aromatic heterocycles. The topological polar surface area (TPSA) is 64.3 Å². The first kappa shape index (κ1) is 13.9. The predicted molar refractivity (Wildman–Crippen MR) is 81.3 cm³/mol. The van der Waals surface area contributed by atoms with Gasteiger partial charge in [0.2, 0.25) is 0 Å². The lowest BCUT2D eigenvalue weighted by atomic mass is 10.1. The van der Waals surface area contributed by atoms with Crippen molar-refractivity contribution in [1.29, 1.82) is 0 Å². The zero-order valence-electron chi connectivity index (χ0n) is 11.7. The highest BCUT2D eigenvalue weighted by Crippen LogP contribution is 2.23. The lowest BCUT2D eigenvalue weighted by Crippen LogP contribution is -2.05.